The van der Waals surface area contributed by atoms with Gasteiger partial charge in [-0.3, -0.25) is 19.5 Å². The van der Waals surface area contributed by atoms with Crippen LogP contribution in [-0.2, 0) is 16.1 Å². The molecule has 1 fully saturated rings. The van der Waals surface area contributed by atoms with Crippen LogP contribution in [-0.4, -0.2) is 34.8 Å². The molecule has 0 atom stereocenters. The smallest absolute Gasteiger partial charge is 0.278 e. The number of anilines is 2. The highest BCUT2D eigenvalue weighted by Crippen LogP contribution is 2.32. The number of aromatic nitrogens is 1. The van der Waals surface area contributed by atoms with Gasteiger partial charge >= 0.3 is 0 Å². The van der Waals surface area contributed by atoms with Crippen LogP contribution in [0.4, 0.5) is 11.4 Å². The molecule has 0 spiro atoms. The maximum Gasteiger partial charge on any atom is 0.278 e. The maximum atomic E-state index is 13.4. The first-order chi connectivity index (χ1) is 16.6. The van der Waals surface area contributed by atoms with Crippen LogP contribution in [0.1, 0.15) is 31.0 Å². The lowest BCUT2D eigenvalue weighted by Gasteiger charge is -2.32. The van der Waals surface area contributed by atoms with Crippen LogP contribution in [0, 0.1) is 5.92 Å². The Hall–Kier alpha value is -3.93. The van der Waals surface area contributed by atoms with Crippen LogP contribution in [0.25, 0.3) is 5.57 Å². The number of benzene rings is 2. The van der Waals surface area contributed by atoms with Crippen LogP contribution >= 0.6 is 0 Å². The van der Waals surface area contributed by atoms with Crippen molar-refractivity contribution >= 4 is 28.8 Å². The lowest BCUT2D eigenvalue weighted by atomic mass is 9.99. The summed E-state index contributed by atoms with van der Waals surface area (Å²) < 4.78 is 0. The molecule has 1 aromatic heterocycles. The predicted octanol–water partition coefficient (Wildman–Crippen LogP) is 4.71. The molecule has 5 rings (SSSR count). The number of carbonyl (C=O) groups excluding carboxylic acids is 2. The fraction of sp³-hybridized carbons (Fsp3) is 0.250. The van der Waals surface area contributed by atoms with Crippen molar-refractivity contribution in [3.63, 3.8) is 0 Å². The quantitative estimate of drug-likeness (QED) is 0.549. The average molecular weight is 453 g/mol. The number of amides is 2. The molecule has 172 valence electrons. The molecule has 0 bridgehead atoms. The van der Waals surface area contributed by atoms with E-state index in [0.29, 0.717) is 22.5 Å². The maximum absolute atomic E-state index is 13.4. The predicted molar refractivity (Wildman–Crippen MR) is 134 cm³/mol. The highest BCUT2D eigenvalue weighted by molar-refractivity contribution is 6.36. The number of imide groups is 1. The molecule has 6 heteroatoms. The second kappa shape index (κ2) is 9.51. The fourth-order valence-electron chi connectivity index (χ4n) is 4.53. The van der Waals surface area contributed by atoms with Gasteiger partial charge in [-0.15, -0.1) is 0 Å². The van der Waals surface area contributed by atoms with Gasteiger partial charge in [-0.1, -0.05) is 43.3 Å². The summed E-state index contributed by atoms with van der Waals surface area (Å²) in [7, 11) is 0. The number of piperidine rings is 1. The number of hydrogen-bond donors (Lipinski definition) is 1. The first-order valence-corrected chi connectivity index (χ1v) is 11.8. The van der Waals surface area contributed by atoms with E-state index < -0.39 is 0 Å². The summed E-state index contributed by atoms with van der Waals surface area (Å²) in [6.07, 6.45) is 4.07. The minimum Gasteiger partial charge on any atom is -0.372 e. The zero-order valence-electron chi connectivity index (χ0n) is 19.3. The monoisotopic (exact) mass is 452 g/mol. The van der Waals surface area contributed by atoms with E-state index in [0.717, 1.165) is 24.7 Å². The van der Waals surface area contributed by atoms with Gasteiger partial charge in [0.05, 0.1) is 17.8 Å². The van der Waals surface area contributed by atoms with E-state index in [1.807, 2.05) is 60.7 Å². The van der Waals surface area contributed by atoms with E-state index >= 15 is 0 Å². The second-order valence-electron chi connectivity index (χ2n) is 8.97. The number of carbonyl (C=O) groups is 2. The number of rotatable bonds is 6. The summed E-state index contributed by atoms with van der Waals surface area (Å²) in [4.78, 5) is 34.7. The highest BCUT2D eigenvalue weighted by atomic mass is 16.2. The largest absolute Gasteiger partial charge is 0.372 e. The van der Waals surface area contributed by atoms with Gasteiger partial charge in [0.2, 0.25) is 0 Å². The average Bonchev–Trinajstić information content (AvgIpc) is 3.10. The third-order valence-electron chi connectivity index (χ3n) is 6.56. The van der Waals surface area contributed by atoms with Crippen molar-refractivity contribution in [2.24, 2.45) is 5.92 Å². The van der Waals surface area contributed by atoms with Crippen molar-refractivity contribution in [1.82, 2.24) is 9.88 Å². The fourth-order valence-corrected chi connectivity index (χ4v) is 4.53. The van der Waals surface area contributed by atoms with Gasteiger partial charge in [0.25, 0.3) is 11.8 Å². The van der Waals surface area contributed by atoms with Crippen LogP contribution in [0.2, 0.25) is 0 Å². The first kappa shape index (κ1) is 21.9. The number of nitrogens with one attached hydrogen (secondary N) is 1. The van der Waals surface area contributed by atoms with Crippen molar-refractivity contribution in [3.05, 3.63) is 95.9 Å². The van der Waals surface area contributed by atoms with E-state index in [-0.39, 0.29) is 18.4 Å². The van der Waals surface area contributed by atoms with Gasteiger partial charge in [-0.2, -0.15) is 0 Å². The molecule has 0 unspecified atom stereocenters. The minimum absolute atomic E-state index is 0.131. The van der Waals surface area contributed by atoms with Crippen molar-refractivity contribution in [2.45, 2.75) is 26.3 Å². The van der Waals surface area contributed by atoms with Crippen molar-refractivity contribution in [3.8, 4) is 0 Å². The van der Waals surface area contributed by atoms with Crippen LogP contribution in [0.15, 0.2) is 84.7 Å². The lowest BCUT2D eigenvalue weighted by Crippen LogP contribution is -2.32. The van der Waals surface area contributed by atoms with Gasteiger partial charge in [-0.25, -0.2) is 0 Å². The molecular weight excluding hydrogens is 424 g/mol. The molecular formula is C28H28N4O2. The van der Waals surface area contributed by atoms with Crippen molar-refractivity contribution in [1.29, 1.82) is 0 Å². The lowest BCUT2D eigenvalue weighted by molar-refractivity contribution is -0.137. The summed E-state index contributed by atoms with van der Waals surface area (Å²) in [5, 5.41) is 3.25. The Kier molecular flexibility index (Phi) is 6.12. The summed E-state index contributed by atoms with van der Waals surface area (Å²) in [5.41, 5.74) is 4.02. The SMILES string of the molecule is CC1CCN(c2ccc(NC3=C(c4ccccc4)C(=O)N(Cc4ccccn4)C3=O)cc2)CC1. The summed E-state index contributed by atoms with van der Waals surface area (Å²) in [6, 6.07) is 22.9. The molecule has 34 heavy (non-hydrogen) atoms. The molecule has 0 saturated carbocycles. The van der Waals surface area contributed by atoms with Crippen molar-refractivity contribution in [2.75, 3.05) is 23.3 Å². The summed E-state index contributed by atoms with van der Waals surface area (Å²) in [6.45, 7) is 4.56. The van der Waals surface area contributed by atoms with E-state index in [9.17, 15) is 9.59 Å². The molecule has 1 N–H and O–H groups in total. The summed E-state index contributed by atoms with van der Waals surface area (Å²) >= 11 is 0. The normalized spacial score (nSPS) is 17.0. The topological polar surface area (TPSA) is 65.5 Å². The Morgan fingerprint density at radius 1 is 0.882 bits per heavy atom. The Morgan fingerprint density at radius 3 is 2.26 bits per heavy atom. The molecule has 3 heterocycles. The minimum atomic E-state index is -0.344. The van der Waals surface area contributed by atoms with Gasteiger partial charge in [0.1, 0.15) is 5.70 Å². The van der Waals surface area contributed by atoms with E-state index in [1.165, 1.54) is 23.4 Å². The standard InChI is InChI=1S/C28H28N4O2/c1-20-14-17-31(18-15-20)24-12-10-22(11-13-24)30-26-25(21-7-3-2-4-8-21)27(33)32(28(26)34)19-23-9-5-6-16-29-23/h2-13,16,20,30H,14-15,17-19H2,1H3. The number of pyridine rings is 1. The third kappa shape index (κ3) is 4.44. The third-order valence-corrected chi connectivity index (χ3v) is 6.56. The van der Waals surface area contributed by atoms with Gasteiger partial charge in [0.15, 0.2) is 0 Å². The Balaban J connectivity index is 1.42. The molecule has 1 saturated heterocycles. The zero-order chi connectivity index (χ0) is 23.5. The Labute approximate surface area is 199 Å². The van der Waals surface area contributed by atoms with Crippen molar-refractivity contribution < 1.29 is 9.59 Å². The van der Waals surface area contributed by atoms with E-state index in [2.05, 4.69) is 34.3 Å². The summed E-state index contributed by atoms with van der Waals surface area (Å²) in [5.74, 6) is 0.118. The Morgan fingerprint density at radius 2 is 1.59 bits per heavy atom. The molecule has 0 radical (unpaired) electrons. The van der Waals surface area contributed by atoms with Gasteiger partial charge in [0, 0.05) is 30.7 Å². The number of nitrogens with zero attached hydrogens (tertiary/aromatic N) is 3. The molecule has 2 aliphatic heterocycles. The van der Waals surface area contributed by atoms with Crippen LogP contribution in [0.5, 0.6) is 0 Å². The Bertz CT molecular complexity index is 1200. The number of hydrogen-bond acceptors (Lipinski definition) is 5. The van der Waals surface area contributed by atoms with E-state index in [1.54, 1.807) is 6.20 Å². The van der Waals surface area contributed by atoms with Crippen LogP contribution < -0.4 is 10.2 Å². The molecule has 2 amide bonds. The van der Waals surface area contributed by atoms with Gasteiger partial charge in [-0.05, 0) is 60.7 Å². The molecule has 6 nitrogen and oxygen atoms in total. The second-order valence-corrected chi connectivity index (χ2v) is 8.97. The molecule has 2 aromatic carbocycles. The zero-order valence-corrected chi connectivity index (χ0v) is 19.3. The van der Waals surface area contributed by atoms with Gasteiger partial charge < -0.3 is 10.2 Å². The first-order valence-electron chi connectivity index (χ1n) is 11.8. The van der Waals surface area contributed by atoms with E-state index in [4.69, 9.17) is 0 Å². The molecule has 3 aromatic rings. The van der Waals surface area contributed by atoms with Crippen LogP contribution in [0.3, 0.4) is 0 Å². The molecule has 2 aliphatic rings. The highest BCUT2D eigenvalue weighted by Gasteiger charge is 2.39. The molecule has 0 aliphatic carbocycles.